The number of hydrogen-bond acceptors (Lipinski definition) is 5. The van der Waals surface area contributed by atoms with E-state index in [9.17, 15) is 13.2 Å². The van der Waals surface area contributed by atoms with Crippen molar-refractivity contribution in [2.24, 2.45) is 0 Å². The molecule has 0 radical (unpaired) electrons. The van der Waals surface area contributed by atoms with Gasteiger partial charge in [-0.15, -0.1) is 0 Å². The quantitative estimate of drug-likeness (QED) is 0.919. The van der Waals surface area contributed by atoms with E-state index in [1.807, 2.05) is 0 Å². The van der Waals surface area contributed by atoms with Crippen molar-refractivity contribution in [1.82, 2.24) is 14.4 Å². The second-order valence-electron chi connectivity index (χ2n) is 5.02. The largest absolute Gasteiger partial charge is 0.366 e. The first-order valence-electron chi connectivity index (χ1n) is 6.62. The molecule has 1 atom stereocenters. The smallest absolute Gasteiger partial charge is 0.249 e. The maximum Gasteiger partial charge on any atom is 0.249 e. The molecule has 0 saturated carbocycles. The average molecular weight is 309 g/mol. The number of sulfonamides is 1. The Morgan fingerprint density at radius 3 is 2.95 bits per heavy atom. The monoisotopic (exact) mass is 309 g/mol. The first-order chi connectivity index (χ1) is 10.00. The molecule has 1 saturated heterocycles. The van der Waals surface area contributed by atoms with Gasteiger partial charge in [0.1, 0.15) is 4.90 Å². The van der Waals surface area contributed by atoms with Gasteiger partial charge >= 0.3 is 0 Å². The highest BCUT2D eigenvalue weighted by Crippen LogP contribution is 2.35. The molecule has 2 aromatic heterocycles. The lowest BCUT2D eigenvalue weighted by Crippen LogP contribution is -2.33. The highest BCUT2D eigenvalue weighted by molar-refractivity contribution is 7.89. The van der Waals surface area contributed by atoms with E-state index < -0.39 is 21.5 Å². The molecule has 1 unspecified atom stereocenters. The number of hydrogen-bond donors (Lipinski definition) is 1. The number of nitrogens with one attached hydrogen (secondary N) is 1. The Balaban J connectivity index is 2.02. The summed E-state index contributed by atoms with van der Waals surface area (Å²) in [6, 6.07) is 2.53. The molecule has 0 spiro atoms. The molecule has 1 fully saturated rings. The Morgan fingerprint density at radius 2 is 2.29 bits per heavy atom. The summed E-state index contributed by atoms with van der Waals surface area (Å²) in [7, 11) is -3.86. The number of pyridine rings is 1. The second-order valence-corrected chi connectivity index (χ2v) is 6.88. The van der Waals surface area contributed by atoms with E-state index in [0.717, 1.165) is 0 Å². The Labute approximate surface area is 121 Å². The third-order valence-corrected chi connectivity index (χ3v) is 5.48. The van der Waals surface area contributed by atoms with E-state index in [2.05, 4.69) is 10.1 Å². The molecular weight excluding hydrogens is 294 g/mol. The lowest BCUT2D eigenvalue weighted by Gasteiger charge is -2.21. The minimum absolute atomic E-state index is 0.242. The van der Waals surface area contributed by atoms with Crippen LogP contribution in [0, 0.1) is 6.92 Å². The SMILES string of the molecule is Cc1cc(C2CCCN2S(=O)(=O)c2c[nH]ccc2=O)on1. The van der Waals surface area contributed by atoms with Gasteiger partial charge in [0.25, 0.3) is 0 Å². The zero-order chi connectivity index (χ0) is 15.0. The molecule has 0 aromatic carbocycles. The van der Waals surface area contributed by atoms with E-state index in [1.54, 1.807) is 13.0 Å². The van der Waals surface area contributed by atoms with Crippen molar-refractivity contribution in [3.8, 4) is 0 Å². The van der Waals surface area contributed by atoms with Crippen LogP contribution in [0.1, 0.15) is 30.3 Å². The van der Waals surface area contributed by atoms with Gasteiger partial charge in [0.05, 0.1) is 11.7 Å². The molecule has 1 aliphatic heterocycles. The van der Waals surface area contributed by atoms with Crippen molar-refractivity contribution in [3.63, 3.8) is 0 Å². The molecule has 7 nitrogen and oxygen atoms in total. The van der Waals surface area contributed by atoms with Crippen LogP contribution in [-0.4, -0.2) is 29.4 Å². The molecule has 0 bridgehead atoms. The van der Waals surface area contributed by atoms with E-state index >= 15 is 0 Å². The zero-order valence-corrected chi connectivity index (χ0v) is 12.3. The fraction of sp³-hybridized carbons (Fsp3) is 0.385. The van der Waals surface area contributed by atoms with E-state index in [0.29, 0.717) is 30.8 Å². The maximum absolute atomic E-state index is 12.7. The molecule has 0 aliphatic carbocycles. The molecule has 3 heterocycles. The van der Waals surface area contributed by atoms with Gasteiger partial charge in [0.15, 0.2) is 5.76 Å². The number of nitrogens with zero attached hydrogens (tertiary/aromatic N) is 2. The molecule has 8 heteroatoms. The van der Waals surface area contributed by atoms with Crippen LogP contribution < -0.4 is 5.43 Å². The van der Waals surface area contributed by atoms with Crippen LogP contribution in [-0.2, 0) is 10.0 Å². The predicted molar refractivity (Wildman–Crippen MR) is 74.2 cm³/mol. The Hall–Kier alpha value is -1.93. The number of aromatic nitrogens is 2. The number of rotatable bonds is 3. The van der Waals surface area contributed by atoms with E-state index in [4.69, 9.17) is 4.52 Å². The van der Waals surface area contributed by atoms with Gasteiger partial charge in [0.2, 0.25) is 15.5 Å². The molecule has 21 heavy (non-hydrogen) atoms. The highest BCUT2D eigenvalue weighted by atomic mass is 32.2. The number of aromatic amines is 1. The van der Waals surface area contributed by atoms with Gasteiger partial charge in [-0.05, 0) is 19.8 Å². The van der Waals surface area contributed by atoms with Crippen LogP contribution in [0.3, 0.4) is 0 Å². The topological polar surface area (TPSA) is 96.3 Å². The van der Waals surface area contributed by atoms with Crippen molar-refractivity contribution in [2.45, 2.75) is 30.7 Å². The Kier molecular flexibility index (Phi) is 3.42. The predicted octanol–water partition coefficient (Wildman–Crippen LogP) is 1.20. The summed E-state index contributed by atoms with van der Waals surface area (Å²) in [5.74, 6) is 0.515. The van der Waals surface area contributed by atoms with Crippen molar-refractivity contribution >= 4 is 10.0 Å². The minimum Gasteiger partial charge on any atom is -0.366 e. The molecular formula is C13H15N3O4S. The highest BCUT2D eigenvalue weighted by Gasteiger charge is 2.39. The summed E-state index contributed by atoms with van der Waals surface area (Å²) < 4.78 is 31.9. The van der Waals surface area contributed by atoms with Crippen LogP contribution in [0.25, 0.3) is 0 Å². The summed E-state index contributed by atoms with van der Waals surface area (Å²) in [6.45, 7) is 2.14. The van der Waals surface area contributed by atoms with Gasteiger partial charge in [-0.2, -0.15) is 4.31 Å². The standard InChI is InChI=1S/C13H15N3O4S/c1-9-7-12(20-15-9)10-3-2-6-16(10)21(18,19)13-8-14-5-4-11(13)17/h4-5,7-8,10H,2-3,6H2,1H3,(H,14,17). The minimum atomic E-state index is -3.86. The Morgan fingerprint density at radius 1 is 1.48 bits per heavy atom. The number of aryl methyl sites for hydroxylation is 1. The van der Waals surface area contributed by atoms with Crippen molar-refractivity contribution in [2.75, 3.05) is 6.54 Å². The van der Waals surface area contributed by atoms with Crippen LogP contribution in [0.2, 0.25) is 0 Å². The summed E-state index contributed by atoms with van der Waals surface area (Å²) in [5.41, 5.74) is 0.181. The fourth-order valence-electron chi connectivity index (χ4n) is 2.58. The van der Waals surface area contributed by atoms with Crippen molar-refractivity contribution in [3.05, 3.63) is 46.2 Å². The summed E-state index contributed by atoms with van der Waals surface area (Å²) in [6.07, 6.45) is 3.99. The first-order valence-corrected chi connectivity index (χ1v) is 8.06. The number of H-pyrrole nitrogens is 1. The first kappa shape index (κ1) is 14.0. The average Bonchev–Trinajstić information content (AvgIpc) is 3.07. The summed E-state index contributed by atoms with van der Waals surface area (Å²) >= 11 is 0. The Bertz CT molecular complexity index is 809. The molecule has 0 amide bonds. The van der Waals surface area contributed by atoms with Crippen LogP contribution in [0.4, 0.5) is 0 Å². The summed E-state index contributed by atoms with van der Waals surface area (Å²) in [4.78, 5) is 14.2. The molecule has 1 aliphatic rings. The summed E-state index contributed by atoms with van der Waals surface area (Å²) in [5, 5.41) is 3.80. The van der Waals surface area contributed by atoms with Gasteiger partial charge in [-0.25, -0.2) is 8.42 Å². The molecule has 112 valence electrons. The van der Waals surface area contributed by atoms with Gasteiger partial charge in [0, 0.05) is 31.1 Å². The van der Waals surface area contributed by atoms with Gasteiger partial charge < -0.3 is 9.51 Å². The van der Waals surface area contributed by atoms with Crippen LogP contribution in [0.15, 0.2) is 38.7 Å². The lowest BCUT2D eigenvalue weighted by molar-refractivity contribution is 0.297. The zero-order valence-electron chi connectivity index (χ0n) is 11.4. The van der Waals surface area contributed by atoms with Gasteiger partial charge in [-0.3, -0.25) is 4.79 Å². The molecule has 2 aromatic rings. The second kappa shape index (κ2) is 5.12. The van der Waals surface area contributed by atoms with Gasteiger partial charge in [-0.1, -0.05) is 5.16 Å². The van der Waals surface area contributed by atoms with E-state index in [-0.39, 0.29) is 4.90 Å². The van der Waals surface area contributed by atoms with Crippen molar-refractivity contribution in [1.29, 1.82) is 0 Å². The fourth-order valence-corrected chi connectivity index (χ4v) is 4.29. The maximum atomic E-state index is 12.7. The lowest BCUT2D eigenvalue weighted by atomic mass is 10.2. The molecule has 1 N–H and O–H groups in total. The normalized spacial score (nSPS) is 20.0. The third kappa shape index (κ3) is 2.40. The molecule has 3 rings (SSSR count). The third-order valence-electron chi connectivity index (χ3n) is 3.55. The van der Waals surface area contributed by atoms with Crippen LogP contribution in [0.5, 0.6) is 0 Å². The van der Waals surface area contributed by atoms with Crippen LogP contribution >= 0.6 is 0 Å². The van der Waals surface area contributed by atoms with E-state index in [1.165, 1.54) is 22.8 Å². The van der Waals surface area contributed by atoms with Crippen molar-refractivity contribution < 1.29 is 12.9 Å².